The van der Waals surface area contributed by atoms with Gasteiger partial charge in [0.15, 0.2) is 0 Å². The van der Waals surface area contributed by atoms with Gasteiger partial charge in [-0.15, -0.1) is 0 Å². The predicted octanol–water partition coefficient (Wildman–Crippen LogP) is 0.638. The number of carbonyl (C=O) groups excluding carboxylic acids is 7. The number of carboxylic acid groups (broad SMARTS) is 1. The fourth-order valence-corrected chi connectivity index (χ4v) is 7.16. The molecule has 2 rings (SSSR count). The molecule has 0 radical (unpaired) electrons. The molecule has 0 bridgehead atoms. The SMILES string of the molecule is CC(C)C[C@H](NC(=O)[C@H](CC(C)C)NC(=O)[C@@H](NC(=O)[C@@H]1CCCN1C(=O)[C@@H](N)CC(C)C)C(C)C)C(=O)N[C@@H](C)C(=O)N[C@@H](C)C(=O)N1CCC[C@H]1C(=O)O. The lowest BCUT2D eigenvalue weighted by Gasteiger charge is -2.31. The zero-order valence-corrected chi connectivity index (χ0v) is 35.0. The Bertz CT molecular complexity index is 1420. The molecular weight excluding hydrogens is 724 g/mol. The molecule has 17 nitrogen and oxygen atoms in total. The van der Waals surface area contributed by atoms with E-state index in [4.69, 9.17) is 5.73 Å². The van der Waals surface area contributed by atoms with Gasteiger partial charge in [0, 0.05) is 13.1 Å². The molecular formula is C39H68N8O9. The molecule has 0 spiro atoms. The normalized spacial score (nSPS) is 20.3. The van der Waals surface area contributed by atoms with Crippen LogP contribution >= 0.6 is 0 Å². The van der Waals surface area contributed by atoms with Crippen molar-refractivity contribution in [3.8, 4) is 0 Å². The molecule has 2 heterocycles. The van der Waals surface area contributed by atoms with E-state index in [1.807, 2.05) is 41.5 Å². The maximum absolute atomic E-state index is 13.8. The number of nitrogens with one attached hydrogen (secondary N) is 5. The first-order chi connectivity index (χ1) is 26.0. The largest absolute Gasteiger partial charge is 0.480 e. The Morgan fingerprint density at radius 2 is 1.02 bits per heavy atom. The Morgan fingerprint density at radius 1 is 0.571 bits per heavy atom. The molecule has 0 aromatic rings. The standard InChI is InChI=1S/C39H68N8O9/c1-20(2)17-26(40)38(54)46-15-11-13-29(46)35(51)45-31(23(7)8)36(52)44-28(19-22(5)6)34(50)43-27(18-21(3)4)33(49)41-24(9)32(48)42-25(10)37(53)47-16-12-14-30(47)39(55)56/h20-31H,11-19,40H2,1-10H3,(H,41,49)(H,42,48)(H,43,50)(H,44,52)(H,45,51)(H,55,56)/t24-,25-,26-,27-,28-,29-,30-,31-/m0/s1. The third-order valence-electron chi connectivity index (χ3n) is 10.1. The van der Waals surface area contributed by atoms with Gasteiger partial charge in [0.25, 0.3) is 0 Å². The van der Waals surface area contributed by atoms with E-state index in [0.29, 0.717) is 38.6 Å². The summed E-state index contributed by atoms with van der Waals surface area (Å²) in [6.45, 7) is 18.4. The van der Waals surface area contributed by atoms with Crippen molar-refractivity contribution in [2.75, 3.05) is 13.1 Å². The summed E-state index contributed by atoms with van der Waals surface area (Å²) in [5, 5.41) is 22.9. The van der Waals surface area contributed by atoms with Gasteiger partial charge in [0.2, 0.25) is 41.4 Å². The molecule has 0 aromatic heterocycles. The second-order valence-corrected chi connectivity index (χ2v) is 17.0. The minimum absolute atomic E-state index is 0.0524. The lowest BCUT2D eigenvalue weighted by Crippen LogP contribution is -2.60. The second-order valence-electron chi connectivity index (χ2n) is 17.0. The number of carboxylic acids is 1. The van der Waals surface area contributed by atoms with Crippen LogP contribution in [-0.4, -0.2) is 124 Å². The van der Waals surface area contributed by atoms with Gasteiger partial charge in [-0.25, -0.2) is 4.79 Å². The van der Waals surface area contributed by atoms with Crippen molar-refractivity contribution in [1.29, 1.82) is 0 Å². The van der Waals surface area contributed by atoms with Gasteiger partial charge in [0.1, 0.15) is 42.3 Å². The summed E-state index contributed by atoms with van der Waals surface area (Å²) in [6.07, 6.45) is 2.81. The highest BCUT2D eigenvalue weighted by atomic mass is 16.4. The third-order valence-corrected chi connectivity index (χ3v) is 10.1. The smallest absolute Gasteiger partial charge is 0.326 e. The first-order valence-corrected chi connectivity index (χ1v) is 20.2. The number of amides is 7. The van der Waals surface area contributed by atoms with E-state index < -0.39 is 89.7 Å². The average molecular weight is 793 g/mol. The quantitative estimate of drug-likeness (QED) is 0.0907. The minimum Gasteiger partial charge on any atom is -0.480 e. The van der Waals surface area contributed by atoms with Gasteiger partial charge in [-0.1, -0.05) is 55.4 Å². The van der Waals surface area contributed by atoms with E-state index in [9.17, 15) is 43.5 Å². The Morgan fingerprint density at radius 3 is 1.50 bits per heavy atom. The fourth-order valence-electron chi connectivity index (χ4n) is 7.16. The maximum Gasteiger partial charge on any atom is 0.326 e. The van der Waals surface area contributed by atoms with Crippen LogP contribution in [-0.2, 0) is 38.4 Å². The number of rotatable bonds is 20. The van der Waals surface area contributed by atoms with E-state index >= 15 is 0 Å². The lowest BCUT2D eigenvalue weighted by atomic mass is 9.98. The lowest BCUT2D eigenvalue weighted by molar-refractivity contribution is -0.149. The monoisotopic (exact) mass is 793 g/mol. The van der Waals surface area contributed by atoms with Crippen molar-refractivity contribution in [2.45, 2.75) is 163 Å². The third kappa shape index (κ3) is 14.0. The van der Waals surface area contributed by atoms with Crippen LogP contribution < -0.4 is 32.3 Å². The molecule has 56 heavy (non-hydrogen) atoms. The summed E-state index contributed by atoms with van der Waals surface area (Å²) >= 11 is 0. The molecule has 2 fully saturated rings. The number of carbonyl (C=O) groups is 8. The first-order valence-electron chi connectivity index (χ1n) is 20.2. The van der Waals surface area contributed by atoms with Gasteiger partial charge >= 0.3 is 5.97 Å². The summed E-state index contributed by atoms with van der Waals surface area (Å²) in [6, 6.07) is -7.82. The van der Waals surface area contributed by atoms with Crippen LogP contribution in [0.4, 0.5) is 0 Å². The first kappa shape index (κ1) is 47.9. The summed E-state index contributed by atoms with van der Waals surface area (Å²) in [4.78, 5) is 108. The number of hydrogen-bond acceptors (Lipinski definition) is 9. The van der Waals surface area contributed by atoms with E-state index in [2.05, 4.69) is 26.6 Å². The van der Waals surface area contributed by atoms with Gasteiger partial charge in [0.05, 0.1) is 6.04 Å². The number of nitrogens with zero attached hydrogens (tertiary/aromatic N) is 2. The highest BCUT2D eigenvalue weighted by Gasteiger charge is 2.40. The number of likely N-dealkylation sites (tertiary alicyclic amines) is 2. The van der Waals surface area contributed by atoms with Crippen LogP contribution in [0.1, 0.15) is 114 Å². The molecule has 0 saturated carbocycles. The maximum atomic E-state index is 13.8. The number of hydrogen-bond donors (Lipinski definition) is 7. The molecule has 318 valence electrons. The minimum atomic E-state index is -1.11. The highest BCUT2D eigenvalue weighted by Crippen LogP contribution is 2.21. The summed E-state index contributed by atoms with van der Waals surface area (Å²) < 4.78 is 0. The zero-order valence-electron chi connectivity index (χ0n) is 35.0. The zero-order chi connectivity index (χ0) is 42.6. The average Bonchev–Trinajstić information content (AvgIpc) is 3.79. The topological polar surface area (TPSA) is 249 Å². The van der Waals surface area contributed by atoms with Crippen molar-refractivity contribution in [1.82, 2.24) is 36.4 Å². The summed E-state index contributed by atoms with van der Waals surface area (Å²) in [5.41, 5.74) is 6.16. The van der Waals surface area contributed by atoms with E-state index in [1.165, 1.54) is 23.6 Å². The molecule has 2 saturated heterocycles. The molecule has 2 aliphatic rings. The number of aliphatic carboxylic acids is 1. The Labute approximate surface area is 331 Å². The van der Waals surface area contributed by atoms with Crippen LogP contribution in [0.25, 0.3) is 0 Å². The van der Waals surface area contributed by atoms with Gasteiger partial charge in [-0.05, 0) is 82.5 Å². The summed E-state index contributed by atoms with van der Waals surface area (Å²) in [7, 11) is 0. The molecule has 8 N–H and O–H groups in total. The van der Waals surface area contributed by atoms with Crippen molar-refractivity contribution < 1.29 is 43.5 Å². The molecule has 7 amide bonds. The van der Waals surface area contributed by atoms with Crippen LogP contribution in [0.5, 0.6) is 0 Å². The molecule has 17 heteroatoms. The van der Waals surface area contributed by atoms with E-state index in [0.717, 1.165) is 0 Å². The Hall–Kier alpha value is -4.28. The van der Waals surface area contributed by atoms with Crippen LogP contribution in [0.3, 0.4) is 0 Å². The summed E-state index contributed by atoms with van der Waals surface area (Å²) in [5.74, 6) is -5.26. The van der Waals surface area contributed by atoms with Crippen LogP contribution in [0, 0.1) is 23.7 Å². The second kappa shape index (κ2) is 21.9. The van der Waals surface area contributed by atoms with Crippen LogP contribution in [0.15, 0.2) is 0 Å². The Kier molecular flexibility index (Phi) is 18.7. The molecule has 8 atom stereocenters. The number of nitrogens with two attached hydrogens (primary N) is 1. The highest BCUT2D eigenvalue weighted by molar-refractivity contribution is 5.97. The van der Waals surface area contributed by atoms with Crippen molar-refractivity contribution in [3.63, 3.8) is 0 Å². The van der Waals surface area contributed by atoms with E-state index in [-0.39, 0.29) is 49.0 Å². The fraction of sp³-hybridized carbons (Fsp3) is 0.795. The van der Waals surface area contributed by atoms with Gasteiger partial charge < -0.3 is 47.2 Å². The molecule has 0 unspecified atom stereocenters. The van der Waals surface area contributed by atoms with E-state index in [1.54, 1.807) is 13.8 Å². The van der Waals surface area contributed by atoms with Crippen LogP contribution in [0.2, 0.25) is 0 Å². The molecule has 2 aliphatic heterocycles. The Balaban J connectivity index is 2.13. The van der Waals surface area contributed by atoms with Crippen molar-refractivity contribution in [2.24, 2.45) is 29.4 Å². The molecule has 0 aromatic carbocycles. The predicted molar refractivity (Wildman–Crippen MR) is 209 cm³/mol. The molecule has 0 aliphatic carbocycles. The van der Waals surface area contributed by atoms with Gasteiger partial charge in [-0.2, -0.15) is 0 Å². The van der Waals surface area contributed by atoms with Crippen molar-refractivity contribution in [3.05, 3.63) is 0 Å². The van der Waals surface area contributed by atoms with Gasteiger partial charge in [-0.3, -0.25) is 33.6 Å². The van der Waals surface area contributed by atoms with Crippen molar-refractivity contribution >= 4 is 47.3 Å².